The fraction of sp³-hybridized carbons (Fsp3) is 0.900. The predicted molar refractivity (Wildman–Crippen MR) is 102 cm³/mol. The first-order valence-electron chi connectivity index (χ1n) is 9.80. The van der Waals surface area contributed by atoms with Gasteiger partial charge in [0.25, 0.3) is 0 Å². The Morgan fingerprint density at radius 3 is 2.38 bits per heavy atom. The maximum absolute atomic E-state index is 13.5. The van der Waals surface area contributed by atoms with Crippen molar-refractivity contribution < 1.29 is 23.8 Å². The zero-order valence-electron chi connectivity index (χ0n) is 17.4. The Labute approximate surface area is 158 Å². The van der Waals surface area contributed by atoms with Crippen molar-refractivity contribution in [3.63, 3.8) is 0 Å². The molecule has 0 N–H and O–H groups in total. The molecular weight excluding hydrogens is 348 g/mol. The number of ketones is 1. The smallest absolute Gasteiger partial charge is 0.325 e. The lowest BCUT2D eigenvalue weighted by atomic mass is 9.50. The molecule has 26 heavy (non-hydrogen) atoms. The van der Waals surface area contributed by atoms with Crippen LogP contribution in [-0.4, -0.2) is 50.3 Å². The molecule has 0 amide bonds. The molecule has 1 saturated carbocycles. The van der Waals surface area contributed by atoms with Gasteiger partial charge in [-0.2, -0.15) is 0 Å². The molecule has 3 rings (SSSR count). The Morgan fingerprint density at radius 1 is 1.23 bits per heavy atom. The normalized spacial score (nSPS) is 38.0. The van der Waals surface area contributed by atoms with Gasteiger partial charge in [-0.25, -0.2) is 0 Å². The van der Waals surface area contributed by atoms with Gasteiger partial charge in [0, 0.05) is 14.5 Å². The Hall–Kier alpha value is -0.723. The number of fused-ring (bicyclic) bond motifs is 2. The third kappa shape index (κ3) is 2.88. The molecular formula is C20H34O5Si. The van der Waals surface area contributed by atoms with Crippen molar-refractivity contribution in [1.29, 1.82) is 0 Å². The van der Waals surface area contributed by atoms with E-state index >= 15 is 0 Å². The standard InChI is InChI=1S/C20H34O5Si/c1-17(2)9-8-15-20(19(17)13-24-19,14(21)12-18(3,4)25-15)16(22)23-10-11-26(5,6)7/h15H,8-13H2,1-7H3/t15-,19?,20-/m1/s1. The summed E-state index contributed by atoms with van der Waals surface area (Å²) in [7, 11) is -1.33. The van der Waals surface area contributed by atoms with Gasteiger partial charge in [-0.3, -0.25) is 9.59 Å². The first-order valence-corrected chi connectivity index (χ1v) is 13.5. The highest BCUT2D eigenvalue weighted by molar-refractivity contribution is 6.76. The lowest BCUT2D eigenvalue weighted by Crippen LogP contribution is -2.71. The Morgan fingerprint density at radius 2 is 1.85 bits per heavy atom. The summed E-state index contributed by atoms with van der Waals surface area (Å²) in [6, 6.07) is 0.886. The highest BCUT2D eigenvalue weighted by Gasteiger charge is 2.81. The molecule has 1 unspecified atom stereocenters. The average Bonchev–Trinajstić information content (AvgIpc) is 3.23. The van der Waals surface area contributed by atoms with Gasteiger partial charge >= 0.3 is 5.97 Å². The van der Waals surface area contributed by atoms with Gasteiger partial charge in [-0.05, 0) is 38.1 Å². The molecule has 6 heteroatoms. The van der Waals surface area contributed by atoms with Crippen molar-refractivity contribution in [2.24, 2.45) is 10.8 Å². The zero-order chi connectivity index (χ0) is 19.6. The molecule has 3 aliphatic rings. The minimum absolute atomic E-state index is 0.0676. The van der Waals surface area contributed by atoms with E-state index < -0.39 is 36.8 Å². The van der Waals surface area contributed by atoms with Crippen LogP contribution in [0, 0.1) is 10.8 Å². The van der Waals surface area contributed by atoms with Crippen LogP contribution >= 0.6 is 0 Å². The first kappa shape index (κ1) is 20.0. The molecule has 2 aliphatic heterocycles. The average molecular weight is 383 g/mol. The van der Waals surface area contributed by atoms with E-state index in [1.54, 1.807) is 0 Å². The van der Waals surface area contributed by atoms with Gasteiger partial charge < -0.3 is 14.2 Å². The number of hydrogen-bond acceptors (Lipinski definition) is 5. The number of rotatable bonds is 4. The second-order valence-corrected chi connectivity index (χ2v) is 16.4. The number of ether oxygens (including phenoxy) is 3. The molecule has 148 valence electrons. The summed E-state index contributed by atoms with van der Waals surface area (Å²) in [5.74, 6) is -0.492. The number of hydrogen-bond donors (Lipinski definition) is 0. The van der Waals surface area contributed by atoms with Gasteiger partial charge in [0.1, 0.15) is 5.60 Å². The molecule has 0 radical (unpaired) electrons. The number of carbonyl (C=O) groups excluding carboxylic acids is 2. The van der Waals surface area contributed by atoms with E-state index in [4.69, 9.17) is 14.2 Å². The molecule has 2 saturated heterocycles. The maximum Gasteiger partial charge on any atom is 0.325 e. The van der Waals surface area contributed by atoms with E-state index in [9.17, 15) is 9.59 Å². The fourth-order valence-corrected chi connectivity index (χ4v) is 5.59. The molecule has 1 spiro atoms. The number of epoxide rings is 1. The van der Waals surface area contributed by atoms with E-state index in [-0.39, 0.29) is 17.6 Å². The highest BCUT2D eigenvalue weighted by Crippen LogP contribution is 2.66. The minimum Gasteiger partial charge on any atom is -0.465 e. The van der Waals surface area contributed by atoms with E-state index in [1.807, 2.05) is 13.8 Å². The van der Waals surface area contributed by atoms with Crippen LogP contribution in [-0.2, 0) is 23.8 Å². The van der Waals surface area contributed by atoms with Crippen LogP contribution in [0.15, 0.2) is 0 Å². The predicted octanol–water partition coefficient (Wildman–Crippen LogP) is 3.58. The van der Waals surface area contributed by atoms with Crippen molar-refractivity contribution in [2.45, 2.75) is 89.9 Å². The molecule has 1 aliphatic carbocycles. The van der Waals surface area contributed by atoms with Crippen molar-refractivity contribution in [3.8, 4) is 0 Å². The summed E-state index contributed by atoms with van der Waals surface area (Å²) >= 11 is 0. The van der Waals surface area contributed by atoms with Crippen molar-refractivity contribution in [2.75, 3.05) is 13.2 Å². The zero-order valence-corrected chi connectivity index (χ0v) is 18.4. The lowest BCUT2D eigenvalue weighted by Gasteiger charge is -2.56. The molecule has 0 aromatic carbocycles. The van der Waals surface area contributed by atoms with Gasteiger partial charge in [-0.15, -0.1) is 0 Å². The van der Waals surface area contributed by atoms with Crippen molar-refractivity contribution in [3.05, 3.63) is 0 Å². The quantitative estimate of drug-likeness (QED) is 0.322. The van der Waals surface area contributed by atoms with Gasteiger partial charge in [0.05, 0.1) is 24.9 Å². The number of carbonyl (C=O) groups is 2. The number of esters is 1. The monoisotopic (exact) mass is 382 g/mol. The second-order valence-electron chi connectivity index (χ2n) is 10.8. The maximum atomic E-state index is 13.5. The van der Waals surface area contributed by atoms with Gasteiger partial charge in [0.2, 0.25) is 0 Å². The molecule has 3 atom stereocenters. The molecule has 0 aromatic heterocycles. The second kappa shape index (κ2) is 5.88. The summed E-state index contributed by atoms with van der Waals surface area (Å²) in [6.07, 6.45) is 1.29. The van der Waals surface area contributed by atoms with Gasteiger partial charge in [0.15, 0.2) is 11.2 Å². The molecule has 0 aromatic rings. The summed E-state index contributed by atoms with van der Waals surface area (Å²) < 4.78 is 18.0. The van der Waals surface area contributed by atoms with E-state index in [2.05, 4.69) is 33.5 Å². The molecule has 3 fully saturated rings. The molecule has 2 heterocycles. The molecule has 0 bridgehead atoms. The van der Waals surface area contributed by atoms with Gasteiger partial charge in [-0.1, -0.05) is 33.5 Å². The number of Topliss-reactive ketones (excluding diaryl/α,β-unsaturated/α-hetero) is 1. The van der Waals surface area contributed by atoms with Crippen molar-refractivity contribution >= 4 is 19.8 Å². The highest BCUT2D eigenvalue weighted by atomic mass is 28.3. The minimum atomic E-state index is -1.33. The van der Waals surface area contributed by atoms with E-state index in [1.165, 1.54) is 0 Å². The topological polar surface area (TPSA) is 65.1 Å². The summed E-state index contributed by atoms with van der Waals surface area (Å²) in [5.41, 5.74) is -2.92. The van der Waals surface area contributed by atoms with Crippen LogP contribution in [0.2, 0.25) is 25.7 Å². The Kier molecular flexibility index (Phi) is 4.53. The Balaban J connectivity index is 1.96. The van der Waals surface area contributed by atoms with Crippen LogP contribution in [0.5, 0.6) is 0 Å². The van der Waals surface area contributed by atoms with Crippen LogP contribution < -0.4 is 0 Å². The summed E-state index contributed by atoms with van der Waals surface area (Å²) in [5, 5.41) is 0. The van der Waals surface area contributed by atoms with Crippen LogP contribution in [0.4, 0.5) is 0 Å². The summed E-state index contributed by atoms with van der Waals surface area (Å²) in [6.45, 7) is 15.6. The van der Waals surface area contributed by atoms with Crippen LogP contribution in [0.1, 0.15) is 47.0 Å². The third-order valence-corrected chi connectivity index (χ3v) is 8.28. The SMILES string of the molecule is CC1(C)CC(=O)[C@]2(C(=O)OCC[Si](C)(C)C)[C@@H](CCC(C)(C)C23CO3)O1. The van der Waals surface area contributed by atoms with Crippen LogP contribution in [0.3, 0.4) is 0 Å². The van der Waals surface area contributed by atoms with E-state index in [0.29, 0.717) is 19.6 Å². The van der Waals surface area contributed by atoms with E-state index in [0.717, 1.165) is 12.5 Å². The first-order chi connectivity index (χ1) is 11.8. The fourth-order valence-electron chi connectivity index (χ4n) is 4.87. The summed E-state index contributed by atoms with van der Waals surface area (Å²) in [4.78, 5) is 26.9. The largest absolute Gasteiger partial charge is 0.465 e. The third-order valence-electron chi connectivity index (χ3n) is 6.57. The lowest BCUT2D eigenvalue weighted by molar-refractivity contribution is -0.229. The Bertz CT molecular complexity index is 614. The molecule has 5 nitrogen and oxygen atoms in total. The van der Waals surface area contributed by atoms with Crippen molar-refractivity contribution in [1.82, 2.24) is 0 Å². The van der Waals surface area contributed by atoms with Crippen LogP contribution in [0.25, 0.3) is 0 Å².